The van der Waals surface area contributed by atoms with Crippen LogP contribution >= 0.6 is 0 Å². The number of amides is 1. The lowest BCUT2D eigenvalue weighted by Crippen LogP contribution is -2.35. The molecule has 1 aliphatic heterocycles. The van der Waals surface area contributed by atoms with Crippen molar-refractivity contribution in [3.8, 4) is 0 Å². The zero-order valence-electron chi connectivity index (χ0n) is 6.39. The topological polar surface area (TPSA) is 32.3 Å². The third-order valence-corrected chi connectivity index (χ3v) is 1.78. The van der Waals surface area contributed by atoms with E-state index in [1.807, 2.05) is 4.90 Å². The van der Waals surface area contributed by atoms with Gasteiger partial charge in [-0.3, -0.25) is 10.1 Å². The van der Waals surface area contributed by atoms with Crippen molar-refractivity contribution in [2.24, 2.45) is 0 Å². The van der Waals surface area contributed by atoms with E-state index in [1.54, 1.807) is 6.92 Å². The summed E-state index contributed by atoms with van der Waals surface area (Å²) < 4.78 is 0. The Hall–Kier alpha value is -0.570. The van der Waals surface area contributed by atoms with Gasteiger partial charge < -0.3 is 4.90 Å². The molecule has 1 heterocycles. The molecule has 58 valence electrons. The van der Waals surface area contributed by atoms with Crippen LogP contribution in [0.25, 0.3) is 0 Å². The molecule has 1 rings (SSSR count). The minimum atomic E-state index is 0.175. The van der Waals surface area contributed by atoms with Crippen molar-refractivity contribution in [2.75, 3.05) is 19.8 Å². The Morgan fingerprint density at radius 2 is 2.30 bits per heavy atom. The van der Waals surface area contributed by atoms with E-state index in [9.17, 15) is 4.79 Å². The Morgan fingerprint density at radius 3 is 3.00 bits per heavy atom. The maximum absolute atomic E-state index is 10.8. The zero-order chi connectivity index (χ0) is 7.40. The smallest absolute Gasteiger partial charge is 0.220 e. The molecule has 0 aliphatic carbocycles. The molecule has 1 N–H and O–H groups in total. The van der Waals surface area contributed by atoms with Gasteiger partial charge in [-0.2, -0.15) is 0 Å². The molecule has 0 radical (unpaired) electrons. The van der Waals surface area contributed by atoms with Crippen LogP contribution in [0, 0.1) is 0 Å². The van der Waals surface area contributed by atoms with Crippen molar-refractivity contribution in [3.05, 3.63) is 0 Å². The number of carbonyl (C=O) groups excluding carboxylic acids is 1. The maximum atomic E-state index is 10.8. The van der Waals surface area contributed by atoms with Crippen LogP contribution in [0.3, 0.4) is 0 Å². The second kappa shape index (κ2) is 3.56. The molecule has 1 amide bonds. The van der Waals surface area contributed by atoms with E-state index in [-0.39, 0.29) is 5.91 Å². The summed E-state index contributed by atoms with van der Waals surface area (Å²) in [6.45, 7) is 4.31. The summed E-state index contributed by atoms with van der Waals surface area (Å²) in [7, 11) is 0. The van der Waals surface area contributed by atoms with Gasteiger partial charge in [0.05, 0.1) is 6.67 Å². The largest absolute Gasteiger partial charge is 0.330 e. The first-order valence-electron chi connectivity index (χ1n) is 3.77. The number of nitrogens with one attached hydrogen (secondary N) is 1. The summed E-state index contributed by atoms with van der Waals surface area (Å²) >= 11 is 0. The number of carbonyl (C=O) groups is 1. The highest BCUT2D eigenvalue weighted by atomic mass is 16.2. The van der Waals surface area contributed by atoms with Gasteiger partial charge in [0.25, 0.3) is 0 Å². The van der Waals surface area contributed by atoms with Gasteiger partial charge in [-0.05, 0) is 19.4 Å². The number of hydrogen-bond donors (Lipinski definition) is 1. The molecule has 0 aromatic heterocycles. The quantitative estimate of drug-likeness (QED) is 0.523. The highest BCUT2D eigenvalue weighted by Gasteiger charge is 2.09. The van der Waals surface area contributed by atoms with Gasteiger partial charge in [-0.1, -0.05) is 0 Å². The first-order chi connectivity index (χ1) is 4.80. The molecule has 1 fully saturated rings. The third kappa shape index (κ3) is 1.99. The Kier molecular flexibility index (Phi) is 2.68. The van der Waals surface area contributed by atoms with E-state index in [2.05, 4.69) is 5.32 Å². The fourth-order valence-electron chi connectivity index (χ4n) is 1.11. The predicted octanol–water partition coefficient (Wildman–Crippen LogP) is 0.176. The minimum absolute atomic E-state index is 0.175. The van der Waals surface area contributed by atoms with Crippen molar-refractivity contribution in [1.29, 1.82) is 0 Å². The Morgan fingerprint density at radius 1 is 1.50 bits per heavy atom. The first-order valence-corrected chi connectivity index (χ1v) is 3.77. The zero-order valence-corrected chi connectivity index (χ0v) is 6.39. The lowest BCUT2D eigenvalue weighted by molar-refractivity contribution is -0.129. The molecular formula is C7H14N2O. The van der Waals surface area contributed by atoms with E-state index in [1.165, 1.54) is 6.42 Å². The van der Waals surface area contributed by atoms with Crippen molar-refractivity contribution in [3.63, 3.8) is 0 Å². The van der Waals surface area contributed by atoms with Gasteiger partial charge in [-0.25, -0.2) is 0 Å². The highest BCUT2D eigenvalue weighted by Crippen LogP contribution is 1.98. The van der Waals surface area contributed by atoms with Gasteiger partial charge in [0.2, 0.25) is 5.91 Å². The molecule has 0 atom stereocenters. The molecule has 3 nitrogen and oxygen atoms in total. The molecule has 0 aromatic rings. The van der Waals surface area contributed by atoms with Crippen molar-refractivity contribution >= 4 is 5.91 Å². The second-order valence-electron chi connectivity index (χ2n) is 2.65. The van der Waals surface area contributed by atoms with Crippen molar-refractivity contribution in [1.82, 2.24) is 10.2 Å². The number of hydrogen-bond acceptors (Lipinski definition) is 2. The molecule has 1 aliphatic rings. The fourth-order valence-corrected chi connectivity index (χ4v) is 1.11. The monoisotopic (exact) mass is 142 g/mol. The summed E-state index contributed by atoms with van der Waals surface area (Å²) in [6, 6.07) is 0. The van der Waals surface area contributed by atoms with E-state index in [0.29, 0.717) is 0 Å². The second-order valence-corrected chi connectivity index (χ2v) is 2.65. The summed E-state index contributed by atoms with van der Waals surface area (Å²) in [5.74, 6) is 0.175. The van der Waals surface area contributed by atoms with Gasteiger partial charge in [0, 0.05) is 13.5 Å². The summed E-state index contributed by atoms with van der Waals surface area (Å²) in [5.41, 5.74) is 0. The van der Waals surface area contributed by atoms with Crippen molar-refractivity contribution < 1.29 is 4.79 Å². The van der Waals surface area contributed by atoms with Gasteiger partial charge in [-0.15, -0.1) is 0 Å². The van der Waals surface area contributed by atoms with Gasteiger partial charge in [0.15, 0.2) is 0 Å². The number of rotatable bonds is 0. The minimum Gasteiger partial charge on any atom is -0.330 e. The molecule has 1 saturated heterocycles. The molecule has 0 bridgehead atoms. The SMILES string of the molecule is CC(=O)N1CCCCNC1. The van der Waals surface area contributed by atoms with Crippen LogP contribution in [0.5, 0.6) is 0 Å². The first kappa shape index (κ1) is 7.54. The van der Waals surface area contributed by atoms with E-state index in [4.69, 9.17) is 0 Å². The standard InChI is InChI=1S/C7H14N2O/c1-7(10)9-5-3-2-4-8-6-9/h8H,2-6H2,1H3. The Bertz CT molecular complexity index is 117. The summed E-state index contributed by atoms with van der Waals surface area (Å²) in [5, 5.41) is 3.18. The molecule has 0 saturated carbocycles. The molecule has 3 heteroatoms. The van der Waals surface area contributed by atoms with Crippen LogP contribution in [0.2, 0.25) is 0 Å². The lowest BCUT2D eigenvalue weighted by Gasteiger charge is -2.17. The van der Waals surface area contributed by atoms with Crippen LogP contribution < -0.4 is 5.32 Å². The van der Waals surface area contributed by atoms with Crippen LogP contribution in [-0.4, -0.2) is 30.6 Å². The maximum Gasteiger partial charge on any atom is 0.220 e. The summed E-state index contributed by atoms with van der Waals surface area (Å²) in [6.07, 6.45) is 2.32. The van der Waals surface area contributed by atoms with Crippen LogP contribution in [0.1, 0.15) is 19.8 Å². The van der Waals surface area contributed by atoms with E-state index < -0.39 is 0 Å². The van der Waals surface area contributed by atoms with Gasteiger partial charge in [0.1, 0.15) is 0 Å². The molecule has 0 aromatic carbocycles. The normalized spacial score (nSPS) is 20.3. The van der Waals surface area contributed by atoms with Gasteiger partial charge >= 0.3 is 0 Å². The van der Waals surface area contributed by atoms with Crippen molar-refractivity contribution in [2.45, 2.75) is 19.8 Å². The average molecular weight is 142 g/mol. The molecule has 10 heavy (non-hydrogen) atoms. The Balaban J connectivity index is 2.35. The summed E-state index contributed by atoms with van der Waals surface area (Å²) in [4.78, 5) is 12.7. The van der Waals surface area contributed by atoms with E-state index in [0.717, 1.165) is 26.2 Å². The molecule has 0 unspecified atom stereocenters. The lowest BCUT2D eigenvalue weighted by atomic mass is 10.3. The Labute approximate surface area is 61.4 Å². The number of nitrogens with zero attached hydrogens (tertiary/aromatic N) is 1. The van der Waals surface area contributed by atoms with E-state index >= 15 is 0 Å². The fraction of sp³-hybridized carbons (Fsp3) is 0.857. The third-order valence-electron chi connectivity index (χ3n) is 1.78. The molecular weight excluding hydrogens is 128 g/mol. The predicted molar refractivity (Wildman–Crippen MR) is 39.5 cm³/mol. The highest BCUT2D eigenvalue weighted by molar-refractivity contribution is 5.73. The van der Waals surface area contributed by atoms with Crippen LogP contribution in [0.4, 0.5) is 0 Å². The van der Waals surface area contributed by atoms with Crippen LogP contribution in [-0.2, 0) is 4.79 Å². The average Bonchev–Trinajstić information content (AvgIpc) is 2.12. The van der Waals surface area contributed by atoms with Crippen LogP contribution in [0.15, 0.2) is 0 Å². The molecule has 0 spiro atoms.